The Labute approximate surface area is 334 Å². The minimum Gasteiger partial charge on any atom is -0.378 e. The summed E-state index contributed by atoms with van der Waals surface area (Å²) in [4.78, 5) is 59.0. The molecule has 1 aliphatic carbocycles. The molecule has 2 aromatic rings. The van der Waals surface area contributed by atoms with E-state index in [9.17, 15) is 24.4 Å². The monoisotopic (exact) mass is 792 g/mol. The Balaban J connectivity index is 0.903. The fourth-order valence-corrected chi connectivity index (χ4v) is 9.57. The van der Waals surface area contributed by atoms with Gasteiger partial charge in [0.1, 0.15) is 17.6 Å². The average Bonchev–Trinajstić information content (AvgIpc) is 3.32. The van der Waals surface area contributed by atoms with Crippen LogP contribution in [0.25, 0.3) is 0 Å². The maximum atomic E-state index is 13.6. The molecule has 4 atom stereocenters. The summed E-state index contributed by atoms with van der Waals surface area (Å²) in [5, 5.41) is 18.1. The molecule has 2 unspecified atom stereocenters. The van der Waals surface area contributed by atoms with Gasteiger partial charge in [0.15, 0.2) is 0 Å². The molecule has 0 spiro atoms. The maximum absolute atomic E-state index is 13.6. The van der Waals surface area contributed by atoms with Crippen LogP contribution >= 0.6 is 24.2 Å². The highest BCUT2D eigenvalue weighted by molar-refractivity contribution is 7.81. The number of piperazine rings is 1. The number of carbonyl (C=O) groups excluding carboxylic acids is 4. The van der Waals surface area contributed by atoms with Crippen molar-refractivity contribution in [1.82, 2.24) is 20.0 Å². The number of carbonyl (C=O) groups is 4. The highest BCUT2D eigenvalue weighted by atomic mass is 35.5. The third kappa shape index (κ3) is 9.47. The third-order valence-corrected chi connectivity index (χ3v) is 12.3. The van der Waals surface area contributed by atoms with E-state index >= 15 is 0 Å². The van der Waals surface area contributed by atoms with Crippen LogP contribution in [-0.4, -0.2) is 112 Å². The van der Waals surface area contributed by atoms with E-state index in [1.54, 1.807) is 29.2 Å². The third-order valence-electron chi connectivity index (χ3n) is 11.5. The van der Waals surface area contributed by atoms with E-state index < -0.39 is 17.1 Å². The van der Waals surface area contributed by atoms with Crippen LogP contribution in [0.5, 0.6) is 0 Å². The second kappa shape index (κ2) is 17.6. The lowest BCUT2D eigenvalue weighted by atomic mass is 9.89. The minimum atomic E-state index is -0.738. The van der Waals surface area contributed by atoms with E-state index in [2.05, 4.69) is 50.6 Å². The number of nitrogens with zero attached hydrogens (tertiary/aromatic N) is 5. The molecule has 3 aliphatic heterocycles. The predicted molar refractivity (Wildman–Crippen MR) is 216 cm³/mol. The van der Waals surface area contributed by atoms with Crippen LogP contribution in [0.1, 0.15) is 78.2 Å². The number of hydrogen-bond acceptors (Lipinski definition) is 11. The lowest BCUT2D eigenvalue weighted by Crippen LogP contribution is -2.58. The molecule has 0 radical (unpaired) electrons. The molecule has 55 heavy (non-hydrogen) atoms. The summed E-state index contributed by atoms with van der Waals surface area (Å²) in [6.07, 6.45) is 5.50. The van der Waals surface area contributed by atoms with Crippen molar-refractivity contribution in [2.45, 2.75) is 114 Å². The summed E-state index contributed by atoms with van der Waals surface area (Å²) in [6.45, 7) is 11.9. The molecule has 2 aromatic carbocycles. The Bertz CT molecular complexity index is 1790. The Hall–Kier alpha value is -3.71. The second-order valence-corrected chi connectivity index (χ2v) is 16.7. The molecule has 4 amide bonds. The summed E-state index contributed by atoms with van der Waals surface area (Å²) in [6, 6.07) is 14.5. The van der Waals surface area contributed by atoms with Crippen molar-refractivity contribution < 1.29 is 23.9 Å². The Morgan fingerprint density at radius 2 is 1.75 bits per heavy atom. The second-order valence-electron chi connectivity index (χ2n) is 15.8. The van der Waals surface area contributed by atoms with Crippen molar-refractivity contribution in [3.8, 4) is 6.07 Å². The van der Waals surface area contributed by atoms with Crippen molar-refractivity contribution >= 4 is 64.9 Å². The van der Waals surface area contributed by atoms with Crippen molar-refractivity contribution in [3.63, 3.8) is 0 Å². The molecule has 4 aliphatic rings. The van der Waals surface area contributed by atoms with E-state index in [1.807, 2.05) is 32.0 Å². The first-order valence-corrected chi connectivity index (χ1v) is 20.2. The van der Waals surface area contributed by atoms with Gasteiger partial charge in [-0.1, -0.05) is 17.7 Å². The van der Waals surface area contributed by atoms with Crippen LogP contribution in [-0.2, 0) is 23.9 Å². The lowest BCUT2D eigenvalue weighted by Gasteiger charge is -2.44. The van der Waals surface area contributed by atoms with E-state index in [1.165, 1.54) is 0 Å². The predicted octanol–water partition coefficient (Wildman–Crippen LogP) is 4.82. The Morgan fingerprint density at radius 3 is 2.42 bits per heavy atom. The van der Waals surface area contributed by atoms with Crippen LogP contribution in [0.2, 0.25) is 5.02 Å². The standard InChI is InChI=1S/C40H53ClN8O5S/c1-25-22-46(23-26(2)47(25)24-36(51)44-29-8-5-7-28(19-29)43-34-15-16-35(50)45-37(34)52)17-6-18-54-32-13-11-30(12-14-32)49-39(55)48(38(53)40(49,3)4)31-10-9-27(21-42)33(41)20-31/h5,7-10,19-20,25-26,30,32,34,39,43,55H,6,11-18,22-24H2,1-4H3,(H,44,51)(H,45,50,52)/t25-,26+,30?,32?,34?,39?. The molecule has 1 saturated carbocycles. The van der Waals surface area contributed by atoms with Gasteiger partial charge in [0.25, 0.3) is 0 Å². The molecule has 6 rings (SSSR count). The van der Waals surface area contributed by atoms with Gasteiger partial charge in [0.2, 0.25) is 23.6 Å². The number of ether oxygens (including phenoxy) is 1. The molecule has 0 aromatic heterocycles. The van der Waals surface area contributed by atoms with Crippen LogP contribution in [0.15, 0.2) is 42.5 Å². The van der Waals surface area contributed by atoms with E-state index in [0.29, 0.717) is 47.1 Å². The quantitative estimate of drug-likeness (QED) is 0.134. The molecule has 15 heteroatoms. The number of piperidine rings is 1. The molecule has 0 bridgehead atoms. The number of halogens is 1. The number of hydrogen-bond donors (Lipinski definition) is 4. The number of benzene rings is 2. The normalized spacial score (nSPS) is 27.8. The maximum Gasteiger partial charge on any atom is 0.249 e. The largest absolute Gasteiger partial charge is 0.378 e. The van der Waals surface area contributed by atoms with Crippen LogP contribution in [0.4, 0.5) is 17.1 Å². The minimum absolute atomic E-state index is 0.0387. The molecule has 13 nitrogen and oxygen atoms in total. The van der Waals surface area contributed by atoms with Gasteiger partial charge >= 0.3 is 0 Å². The first-order valence-electron chi connectivity index (χ1n) is 19.3. The van der Waals surface area contributed by atoms with Crippen LogP contribution < -0.4 is 20.9 Å². The fraction of sp³-hybridized carbons (Fsp3) is 0.575. The van der Waals surface area contributed by atoms with Gasteiger partial charge in [0, 0.05) is 67.8 Å². The molecule has 3 saturated heterocycles. The zero-order valence-electron chi connectivity index (χ0n) is 32.1. The molecule has 3 N–H and O–H groups in total. The molecule has 3 heterocycles. The van der Waals surface area contributed by atoms with Crippen molar-refractivity contribution in [1.29, 1.82) is 5.26 Å². The lowest BCUT2D eigenvalue weighted by molar-refractivity contribution is -0.133. The van der Waals surface area contributed by atoms with Gasteiger partial charge in [-0.25, -0.2) is 0 Å². The highest BCUT2D eigenvalue weighted by Crippen LogP contribution is 2.42. The Morgan fingerprint density at radius 1 is 1.04 bits per heavy atom. The number of nitrogens with one attached hydrogen (secondary N) is 3. The van der Waals surface area contributed by atoms with Crippen molar-refractivity contribution in [2.75, 3.05) is 48.3 Å². The number of nitriles is 1. The fourth-order valence-electron chi connectivity index (χ4n) is 8.64. The number of anilines is 3. The average molecular weight is 793 g/mol. The SMILES string of the molecule is C[C@@H]1CN(CCCOC2CCC(N3C(S)N(c4ccc(C#N)c(Cl)c4)C(=O)C3(C)C)CC2)C[C@H](C)N1CC(=O)Nc1cccc(NC2CCC(=O)NC2=O)c1. The number of imide groups is 1. The van der Waals surface area contributed by atoms with Gasteiger partial charge in [-0.15, -0.1) is 12.6 Å². The van der Waals surface area contributed by atoms with Crippen molar-refractivity contribution in [2.24, 2.45) is 0 Å². The highest BCUT2D eigenvalue weighted by Gasteiger charge is 2.54. The summed E-state index contributed by atoms with van der Waals surface area (Å²) < 4.78 is 6.37. The number of thiol groups is 1. The van der Waals surface area contributed by atoms with Crippen molar-refractivity contribution in [3.05, 3.63) is 53.1 Å². The first kappa shape index (κ1) is 40.9. The summed E-state index contributed by atoms with van der Waals surface area (Å²) in [5.74, 6) is -0.725. The molecule has 4 fully saturated rings. The summed E-state index contributed by atoms with van der Waals surface area (Å²) in [5.41, 5.74) is 1.18. The van der Waals surface area contributed by atoms with Gasteiger partial charge in [-0.2, -0.15) is 5.26 Å². The zero-order valence-corrected chi connectivity index (χ0v) is 33.7. The summed E-state index contributed by atoms with van der Waals surface area (Å²) in [7, 11) is 0. The van der Waals surface area contributed by atoms with E-state index in [4.69, 9.17) is 29.0 Å². The summed E-state index contributed by atoms with van der Waals surface area (Å²) >= 11 is 11.2. The van der Waals surface area contributed by atoms with Gasteiger partial charge in [-0.3, -0.25) is 39.2 Å². The van der Waals surface area contributed by atoms with Gasteiger partial charge in [-0.05, 0) is 103 Å². The van der Waals surface area contributed by atoms with Gasteiger partial charge in [0.05, 0.1) is 28.8 Å². The topological polar surface area (TPSA) is 150 Å². The molecule has 296 valence electrons. The molecular formula is C40H53ClN8O5S. The number of rotatable bonds is 12. The Kier molecular flexibility index (Phi) is 13.1. The van der Waals surface area contributed by atoms with E-state index in [0.717, 1.165) is 51.7 Å². The zero-order chi connectivity index (χ0) is 39.4. The molecular weight excluding hydrogens is 740 g/mol. The van der Waals surface area contributed by atoms with Crippen LogP contribution in [0.3, 0.4) is 0 Å². The first-order chi connectivity index (χ1) is 26.2. The number of amides is 4. The smallest absolute Gasteiger partial charge is 0.249 e. The van der Waals surface area contributed by atoms with Crippen LogP contribution in [0, 0.1) is 11.3 Å². The van der Waals surface area contributed by atoms with E-state index in [-0.39, 0.29) is 54.4 Å². The van der Waals surface area contributed by atoms with Gasteiger partial charge < -0.3 is 20.3 Å².